The van der Waals surface area contributed by atoms with Crippen LogP contribution >= 0.6 is 34.8 Å². The van der Waals surface area contributed by atoms with Gasteiger partial charge in [0.05, 0.1) is 40.1 Å². The van der Waals surface area contributed by atoms with Crippen molar-refractivity contribution in [1.82, 2.24) is 5.43 Å². The molecule has 0 fully saturated rings. The second kappa shape index (κ2) is 13.0. The third-order valence-electron chi connectivity index (χ3n) is 5.46. The smallest absolute Gasteiger partial charge is 0.345 e. The van der Waals surface area contributed by atoms with Crippen LogP contribution in [0.5, 0.6) is 11.5 Å². The first-order valence-corrected chi connectivity index (χ1v) is 14.2. The summed E-state index contributed by atoms with van der Waals surface area (Å²) in [7, 11) is -2.59. The molecular weight excluding hydrogens is 613 g/mol. The third kappa shape index (κ3) is 7.56. The number of amides is 1. The van der Waals surface area contributed by atoms with Crippen LogP contribution in [0.3, 0.4) is 0 Å². The lowest BCUT2D eigenvalue weighted by molar-refractivity contribution is 0.0729. The van der Waals surface area contributed by atoms with Crippen LogP contribution in [-0.4, -0.2) is 33.6 Å². The molecule has 0 heterocycles. The maximum atomic E-state index is 12.8. The van der Waals surface area contributed by atoms with E-state index in [4.69, 9.17) is 44.3 Å². The number of halogens is 3. The zero-order valence-electron chi connectivity index (χ0n) is 21.1. The van der Waals surface area contributed by atoms with Gasteiger partial charge in [-0.1, -0.05) is 46.9 Å². The monoisotopic (exact) mass is 631 g/mol. The van der Waals surface area contributed by atoms with E-state index in [0.29, 0.717) is 15.6 Å². The normalized spacial score (nSPS) is 11.2. The van der Waals surface area contributed by atoms with Crippen LogP contribution in [0.25, 0.3) is 0 Å². The Morgan fingerprint density at radius 1 is 0.829 bits per heavy atom. The lowest BCUT2D eigenvalue weighted by atomic mass is 10.2. The number of hydrogen-bond donors (Lipinski definition) is 2. The molecule has 0 unspecified atom stereocenters. The SMILES string of the molecule is COc1cc(C=NNC(=O)c2ccccc2NS(=O)(=O)c2ccc(Cl)cc2)ccc1OC(=O)c1ccc(Cl)cc1Cl. The summed E-state index contributed by atoms with van der Waals surface area (Å²) in [5, 5.41) is 4.85. The van der Waals surface area contributed by atoms with Gasteiger partial charge in [-0.05, 0) is 78.4 Å². The van der Waals surface area contributed by atoms with Crippen LogP contribution in [0, 0.1) is 0 Å². The molecule has 0 bridgehead atoms. The molecule has 0 saturated heterocycles. The van der Waals surface area contributed by atoms with Crippen molar-refractivity contribution in [2.24, 2.45) is 5.10 Å². The van der Waals surface area contributed by atoms with Crippen LogP contribution in [0.1, 0.15) is 26.3 Å². The van der Waals surface area contributed by atoms with Gasteiger partial charge < -0.3 is 9.47 Å². The van der Waals surface area contributed by atoms with E-state index in [9.17, 15) is 18.0 Å². The Hall–Kier alpha value is -4.09. The zero-order valence-corrected chi connectivity index (χ0v) is 24.2. The number of carbonyl (C=O) groups excluding carboxylic acids is 2. The van der Waals surface area contributed by atoms with Gasteiger partial charge in [0.1, 0.15) is 0 Å². The van der Waals surface area contributed by atoms with Gasteiger partial charge in [0.2, 0.25) is 0 Å². The van der Waals surface area contributed by atoms with E-state index in [0.717, 1.165) is 0 Å². The first-order chi connectivity index (χ1) is 19.6. The van der Waals surface area contributed by atoms with Crippen molar-refractivity contribution in [2.45, 2.75) is 4.90 Å². The molecular formula is C28H20Cl3N3O6S. The average molecular weight is 633 g/mol. The van der Waals surface area contributed by atoms with Crippen LogP contribution in [0.4, 0.5) is 5.69 Å². The van der Waals surface area contributed by atoms with E-state index in [-0.39, 0.29) is 38.2 Å². The number of nitrogens with zero attached hydrogens (tertiary/aromatic N) is 1. The average Bonchev–Trinajstić information content (AvgIpc) is 2.94. The fourth-order valence-electron chi connectivity index (χ4n) is 3.47. The van der Waals surface area contributed by atoms with Gasteiger partial charge in [0, 0.05) is 10.0 Å². The van der Waals surface area contributed by atoms with Crippen molar-refractivity contribution in [1.29, 1.82) is 0 Å². The molecule has 0 radical (unpaired) electrons. The number of para-hydroxylation sites is 1. The topological polar surface area (TPSA) is 123 Å². The molecule has 4 rings (SSSR count). The Morgan fingerprint density at radius 3 is 2.24 bits per heavy atom. The van der Waals surface area contributed by atoms with Crippen molar-refractivity contribution in [3.8, 4) is 11.5 Å². The van der Waals surface area contributed by atoms with Crippen molar-refractivity contribution in [3.63, 3.8) is 0 Å². The lowest BCUT2D eigenvalue weighted by Gasteiger charge is -2.12. The molecule has 0 saturated carbocycles. The van der Waals surface area contributed by atoms with E-state index in [2.05, 4.69) is 15.2 Å². The molecule has 1 amide bonds. The van der Waals surface area contributed by atoms with E-state index in [1.54, 1.807) is 18.2 Å². The minimum absolute atomic E-state index is 0.0190. The highest BCUT2D eigenvalue weighted by Crippen LogP contribution is 2.30. The Morgan fingerprint density at radius 2 is 1.54 bits per heavy atom. The van der Waals surface area contributed by atoms with Gasteiger partial charge >= 0.3 is 5.97 Å². The summed E-state index contributed by atoms with van der Waals surface area (Å²) in [5.41, 5.74) is 3.10. The number of methoxy groups -OCH3 is 1. The molecule has 0 aliphatic rings. The first-order valence-electron chi connectivity index (χ1n) is 11.6. The third-order valence-corrected chi connectivity index (χ3v) is 7.64. The summed E-state index contributed by atoms with van der Waals surface area (Å²) in [6.07, 6.45) is 1.34. The number of anilines is 1. The predicted molar refractivity (Wildman–Crippen MR) is 158 cm³/mol. The van der Waals surface area contributed by atoms with E-state index in [1.165, 1.54) is 80.1 Å². The number of sulfonamides is 1. The number of benzene rings is 4. The molecule has 2 N–H and O–H groups in total. The van der Waals surface area contributed by atoms with Gasteiger partial charge in [-0.2, -0.15) is 5.10 Å². The number of hydrogen-bond acceptors (Lipinski definition) is 7. The van der Waals surface area contributed by atoms with E-state index >= 15 is 0 Å². The highest BCUT2D eigenvalue weighted by atomic mass is 35.5. The highest BCUT2D eigenvalue weighted by Gasteiger charge is 2.19. The number of carbonyl (C=O) groups is 2. The summed E-state index contributed by atoms with van der Waals surface area (Å²) in [4.78, 5) is 25.4. The molecule has 0 aliphatic carbocycles. The molecule has 0 aromatic heterocycles. The Kier molecular flexibility index (Phi) is 9.51. The number of ether oxygens (including phenoxy) is 2. The van der Waals surface area contributed by atoms with Crippen molar-refractivity contribution >= 4 is 68.6 Å². The quantitative estimate of drug-likeness (QED) is 0.0948. The minimum Gasteiger partial charge on any atom is -0.493 e. The second-order valence-corrected chi connectivity index (χ2v) is 11.2. The maximum absolute atomic E-state index is 12.8. The van der Waals surface area contributed by atoms with Gasteiger partial charge in [-0.25, -0.2) is 18.6 Å². The molecule has 0 atom stereocenters. The highest BCUT2D eigenvalue weighted by molar-refractivity contribution is 7.92. The summed E-state index contributed by atoms with van der Waals surface area (Å²) in [5.74, 6) is -1.01. The number of nitrogens with one attached hydrogen (secondary N) is 2. The van der Waals surface area contributed by atoms with Crippen molar-refractivity contribution in [3.05, 3.63) is 117 Å². The fraction of sp³-hybridized carbons (Fsp3) is 0.0357. The standard InChI is InChI=1S/C28H20Cl3N3O6S/c1-39-26-14-17(6-13-25(26)40-28(36)21-12-9-19(30)15-23(21)31)16-32-33-27(35)22-4-2-3-5-24(22)34-41(37,38)20-10-7-18(29)8-11-20/h2-16,34H,1H3,(H,33,35). The molecule has 9 nitrogen and oxygen atoms in total. The van der Waals surface area contributed by atoms with Crippen LogP contribution in [0.15, 0.2) is 94.9 Å². The molecule has 4 aromatic rings. The second-order valence-electron chi connectivity index (χ2n) is 8.23. The number of esters is 1. The van der Waals surface area contributed by atoms with Gasteiger partial charge in [-0.15, -0.1) is 0 Å². The predicted octanol–water partition coefficient (Wildman–Crippen LogP) is 6.44. The molecule has 0 spiro atoms. The van der Waals surface area contributed by atoms with Crippen LogP contribution < -0.4 is 19.6 Å². The number of rotatable bonds is 9. The molecule has 4 aromatic carbocycles. The molecule has 210 valence electrons. The first kappa shape index (κ1) is 29.9. The summed E-state index contributed by atoms with van der Waals surface area (Å²) in [6.45, 7) is 0. The van der Waals surface area contributed by atoms with Crippen LogP contribution in [0.2, 0.25) is 15.1 Å². The van der Waals surface area contributed by atoms with Crippen molar-refractivity contribution in [2.75, 3.05) is 11.8 Å². The van der Waals surface area contributed by atoms with Gasteiger partial charge in [0.15, 0.2) is 11.5 Å². The fourth-order valence-corrected chi connectivity index (χ4v) is 5.16. The Bertz CT molecular complexity index is 1750. The van der Waals surface area contributed by atoms with Crippen LogP contribution in [-0.2, 0) is 10.0 Å². The Labute approximate surface area is 250 Å². The largest absolute Gasteiger partial charge is 0.493 e. The van der Waals surface area contributed by atoms with Crippen molar-refractivity contribution < 1.29 is 27.5 Å². The maximum Gasteiger partial charge on any atom is 0.345 e. The number of hydrazone groups is 1. The summed E-state index contributed by atoms with van der Waals surface area (Å²) < 4.78 is 38.7. The van der Waals surface area contributed by atoms with Gasteiger partial charge in [-0.3, -0.25) is 9.52 Å². The minimum atomic E-state index is -3.98. The molecule has 41 heavy (non-hydrogen) atoms. The lowest BCUT2D eigenvalue weighted by Crippen LogP contribution is -2.21. The van der Waals surface area contributed by atoms with E-state index in [1.807, 2.05) is 0 Å². The van der Waals surface area contributed by atoms with E-state index < -0.39 is 21.9 Å². The Balaban J connectivity index is 1.45. The molecule has 0 aliphatic heterocycles. The summed E-state index contributed by atoms with van der Waals surface area (Å²) in [6, 6.07) is 20.7. The van der Waals surface area contributed by atoms with Gasteiger partial charge in [0.25, 0.3) is 15.9 Å². The summed E-state index contributed by atoms with van der Waals surface area (Å²) >= 11 is 17.8. The molecule has 13 heteroatoms. The zero-order chi connectivity index (χ0) is 29.6.